The van der Waals surface area contributed by atoms with E-state index in [1.54, 1.807) is 0 Å². The third kappa shape index (κ3) is 3.92. The number of carbonyl (C=O) groups is 2. The summed E-state index contributed by atoms with van der Waals surface area (Å²) in [5, 5.41) is 6.77. The Hall–Kier alpha value is -2.30. The molecular formula is C18H25N3O2. The minimum absolute atomic E-state index is 0.0193. The monoisotopic (exact) mass is 315 g/mol. The molecule has 0 aliphatic heterocycles. The number of aromatic nitrogens is 1. The van der Waals surface area contributed by atoms with Gasteiger partial charge in [-0.1, -0.05) is 20.8 Å². The van der Waals surface area contributed by atoms with Crippen LogP contribution in [-0.2, 0) is 11.3 Å². The highest BCUT2D eigenvalue weighted by Gasteiger charge is 2.15. The quantitative estimate of drug-likeness (QED) is 0.858. The molecule has 0 atom stereocenters. The van der Waals surface area contributed by atoms with E-state index in [1.165, 1.54) is 0 Å². The second-order valence-electron chi connectivity index (χ2n) is 6.05. The van der Waals surface area contributed by atoms with Crippen LogP contribution in [0.4, 0.5) is 5.69 Å². The van der Waals surface area contributed by atoms with Gasteiger partial charge < -0.3 is 15.2 Å². The van der Waals surface area contributed by atoms with Crippen molar-refractivity contribution < 1.29 is 9.59 Å². The lowest BCUT2D eigenvalue weighted by Crippen LogP contribution is -2.29. The van der Waals surface area contributed by atoms with Gasteiger partial charge in [-0.2, -0.15) is 0 Å². The Morgan fingerprint density at radius 2 is 1.91 bits per heavy atom. The normalized spacial score (nSPS) is 11.0. The maximum atomic E-state index is 12.4. The standard InChI is InChI=1S/C18H25N3O2/c1-5-17(22)20-14-7-8-15-13(9-14)10-16(21(15)6-2)18(23)19-11-12(3)4/h7-10,12H,5-6,11H2,1-4H3,(H,19,23)(H,20,22). The molecule has 0 bridgehead atoms. The first-order valence-electron chi connectivity index (χ1n) is 8.17. The summed E-state index contributed by atoms with van der Waals surface area (Å²) in [5.74, 6) is 0.333. The number of carbonyl (C=O) groups excluding carboxylic acids is 2. The number of nitrogens with one attached hydrogen (secondary N) is 2. The second-order valence-corrected chi connectivity index (χ2v) is 6.05. The minimum atomic E-state index is -0.0594. The molecule has 124 valence electrons. The zero-order valence-corrected chi connectivity index (χ0v) is 14.3. The van der Waals surface area contributed by atoms with Crippen molar-refractivity contribution in [3.05, 3.63) is 30.0 Å². The number of anilines is 1. The number of aryl methyl sites for hydroxylation is 1. The fourth-order valence-electron chi connectivity index (χ4n) is 2.51. The molecule has 0 spiro atoms. The summed E-state index contributed by atoms with van der Waals surface area (Å²) in [6, 6.07) is 7.62. The number of benzene rings is 1. The summed E-state index contributed by atoms with van der Waals surface area (Å²) in [6.07, 6.45) is 0.441. The van der Waals surface area contributed by atoms with Gasteiger partial charge in [-0.15, -0.1) is 0 Å². The van der Waals surface area contributed by atoms with Crippen LogP contribution in [0.15, 0.2) is 24.3 Å². The van der Waals surface area contributed by atoms with Gasteiger partial charge in [-0.25, -0.2) is 0 Å². The molecule has 0 saturated carbocycles. The fraction of sp³-hybridized carbons (Fsp3) is 0.444. The number of nitrogens with zero attached hydrogens (tertiary/aromatic N) is 1. The molecule has 23 heavy (non-hydrogen) atoms. The van der Waals surface area contributed by atoms with E-state index < -0.39 is 0 Å². The number of rotatable bonds is 6. The predicted molar refractivity (Wildman–Crippen MR) is 93.7 cm³/mol. The zero-order chi connectivity index (χ0) is 17.0. The number of amides is 2. The van der Waals surface area contributed by atoms with Crippen LogP contribution in [0.5, 0.6) is 0 Å². The van der Waals surface area contributed by atoms with Crippen molar-refractivity contribution in [2.75, 3.05) is 11.9 Å². The van der Waals surface area contributed by atoms with Crippen molar-refractivity contribution in [2.45, 2.75) is 40.7 Å². The van der Waals surface area contributed by atoms with Crippen molar-refractivity contribution in [1.29, 1.82) is 0 Å². The number of hydrogen-bond donors (Lipinski definition) is 2. The molecule has 5 heteroatoms. The third-order valence-corrected chi connectivity index (χ3v) is 3.73. The molecule has 0 aliphatic rings. The molecule has 2 amide bonds. The number of hydrogen-bond acceptors (Lipinski definition) is 2. The third-order valence-electron chi connectivity index (χ3n) is 3.73. The average Bonchev–Trinajstić information content (AvgIpc) is 2.90. The van der Waals surface area contributed by atoms with E-state index >= 15 is 0 Å². The molecule has 0 radical (unpaired) electrons. The van der Waals surface area contributed by atoms with Gasteiger partial charge >= 0.3 is 0 Å². The van der Waals surface area contributed by atoms with Crippen LogP contribution in [-0.4, -0.2) is 22.9 Å². The molecule has 0 saturated heterocycles. The molecule has 0 aliphatic carbocycles. The SMILES string of the molecule is CCC(=O)Nc1ccc2c(c1)cc(C(=O)NCC(C)C)n2CC. The molecule has 2 N–H and O–H groups in total. The summed E-state index contributed by atoms with van der Waals surface area (Å²) in [5.41, 5.74) is 2.41. The summed E-state index contributed by atoms with van der Waals surface area (Å²) < 4.78 is 2.00. The van der Waals surface area contributed by atoms with E-state index in [0.29, 0.717) is 31.1 Å². The summed E-state index contributed by atoms with van der Waals surface area (Å²) in [7, 11) is 0. The molecule has 0 fully saturated rings. The van der Waals surface area contributed by atoms with Gasteiger partial charge in [0.1, 0.15) is 5.69 Å². The van der Waals surface area contributed by atoms with Crippen LogP contribution in [0, 0.1) is 5.92 Å². The van der Waals surface area contributed by atoms with Gasteiger partial charge in [0.25, 0.3) is 5.91 Å². The van der Waals surface area contributed by atoms with Crippen LogP contribution >= 0.6 is 0 Å². The molecule has 1 aromatic heterocycles. The smallest absolute Gasteiger partial charge is 0.267 e. The Labute approximate surface area is 137 Å². The molecule has 2 aromatic rings. The highest BCUT2D eigenvalue weighted by atomic mass is 16.2. The maximum absolute atomic E-state index is 12.4. The van der Waals surface area contributed by atoms with E-state index in [0.717, 1.165) is 16.6 Å². The van der Waals surface area contributed by atoms with E-state index in [1.807, 2.05) is 42.7 Å². The summed E-state index contributed by atoms with van der Waals surface area (Å²) in [6.45, 7) is 9.34. The Bertz CT molecular complexity index is 716. The highest BCUT2D eigenvalue weighted by Crippen LogP contribution is 2.24. The van der Waals surface area contributed by atoms with E-state index in [2.05, 4.69) is 24.5 Å². The van der Waals surface area contributed by atoms with Gasteiger partial charge in [0.2, 0.25) is 5.91 Å². The molecular weight excluding hydrogens is 290 g/mol. The fourth-order valence-corrected chi connectivity index (χ4v) is 2.51. The molecule has 1 aromatic carbocycles. The Morgan fingerprint density at radius 3 is 2.52 bits per heavy atom. The van der Waals surface area contributed by atoms with Gasteiger partial charge in [0.05, 0.1) is 0 Å². The lowest BCUT2D eigenvalue weighted by Gasteiger charge is -2.10. The van der Waals surface area contributed by atoms with Gasteiger partial charge in [0.15, 0.2) is 0 Å². The summed E-state index contributed by atoms with van der Waals surface area (Å²) in [4.78, 5) is 23.9. The van der Waals surface area contributed by atoms with E-state index in [9.17, 15) is 9.59 Å². The topological polar surface area (TPSA) is 63.1 Å². The molecule has 0 unspecified atom stereocenters. The Morgan fingerprint density at radius 1 is 1.17 bits per heavy atom. The van der Waals surface area contributed by atoms with Crippen LogP contribution in [0.3, 0.4) is 0 Å². The van der Waals surface area contributed by atoms with Crippen molar-refractivity contribution in [3.63, 3.8) is 0 Å². The van der Waals surface area contributed by atoms with Gasteiger partial charge in [0, 0.05) is 36.1 Å². The van der Waals surface area contributed by atoms with Crippen molar-refractivity contribution in [3.8, 4) is 0 Å². The molecule has 1 heterocycles. The van der Waals surface area contributed by atoms with Crippen LogP contribution in [0.25, 0.3) is 10.9 Å². The van der Waals surface area contributed by atoms with E-state index in [4.69, 9.17) is 0 Å². The zero-order valence-electron chi connectivity index (χ0n) is 14.3. The van der Waals surface area contributed by atoms with Gasteiger partial charge in [-0.05, 0) is 37.1 Å². The molecule has 5 nitrogen and oxygen atoms in total. The molecule has 2 rings (SSSR count). The highest BCUT2D eigenvalue weighted by molar-refractivity contribution is 6.00. The lowest BCUT2D eigenvalue weighted by atomic mass is 10.2. The van der Waals surface area contributed by atoms with Crippen molar-refractivity contribution in [2.24, 2.45) is 5.92 Å². The Kier molecular flexibility index (Phi) is 5.42. The second kappa shape index (κ2) is 7.31. The summed E-state index contributed by atoms with van der Waals surface area (Å²) >= 11 is 0. The van der Waals surface area contributed by atoms with Crippen molar-refractivity contribution in [1.82, 2.24) is 9.88 Å². The van der Waals surface area contributed by atoms with Crippen LogP contribution < -0.4 is 10.6 Å². The first-order chi connectivity index (χ1) is 11.0. The largest absolute Gasteiger partial charge is 0.351 e. The lowest BCUT2D eigenvalue weighted by molar-refractivity contribution is -0.115. The predicted octanol–water partition coefficient (Wildman–Crippen LogP) is 3.40. The number of fused-ring (bicyclic) bond motifs is 1. The maximum Gasteiger partial charge on any atom is 0.267 e. The van der Waals surface area contributed by atoms with E-state index in [-0.39, 0.29) is 11.8 Å². The Balaban J connectivity index is 2.34. The average molecular weight is 315 g/mol. The first-order valence-corrected chi connectivity index (χ1v) is 8.17. The first kappa shape index (κ1) is 17.1. The van der Waals surface area contributed by atoms with Crippen molar-refractivity contribution >= 4 is 28.4 Å². The van der Waals surface area contributed by atoms with Crippen LogP contribution in [0.2, 0.25) is 0 Å². The van der Waals surface area contributed by atoms with Crippen LogP contribution in [0.1, 0.15) is 44.6 Å². The van der Waals surface area contributed by atoms with Gasteiger partial charge in [-0.3, -0.25) is 9.59 Å². The minimum Gasteiger partial charge on any atom is -0.351 e.